The average Bonchev–Trinajstić information content (AvgIpc) is 2.70. The Morgan fingerprint density at radius 2 is 2.25 bits per heavy atom. The van der Waals surface area contributed by atoms with Crippen molar-refractivity contribution < 1.29 is 0 Å². The minimum absolute atomic E-state index is 0.267. The van der Waals surface area contributed by atoms with E-state index in [0.717, 1.165) is 36.7 Å². The predicted molar refractivity (Wildman–Crippen MR) is 65.5 cm³/mol. The fraction of sp³-hybridized carbons (Fsp3) is 0.667. The zero-order valence-corrected chi connectivity index (χ0v) is 10.3. The van der Waals surface area contributed by atoms with Crippen LogP contribution >= 0.6 is 0 Å². The SMILES string of the molecule is Cc1cnc(C)c(N2CCC(C(C)N)C2)n1. The van der Waals surface area contributed by atoms with Crippen LogP contribution in [0.1, 0.15) is 24.7 Å². The molecule has 0 radical (unpaired) electrons. The highest BCUT2D eigenvalue weighted by Gasteiger charge is 2.27. The summed E-state index contributed by atoms with van der Waals surface area (Å²) in [5, 5.41) is 0. The van der Waals surface area contributed by atoms with E-state index in [1.807, 2.05) is 20.0 Å². The van der Waals surface area contributed by atoms with Crippen LogP contribution in [0.5, 0.6) is 0 Å². The van der Waals surface area contributed by atoms with Crippen LogP contribution in [-0.2, 0) is 0 Å². The van der Waals surface area contributed by atoms with Gasteiger partial charge in [0.25, 0.3) is 0 Å². The maximum Gasteiger partial charge on any atom is 0.150 e. The molecule has 4 heteroatoms. The van der Waals surface area contributed by atoms with Crippen molar-refractivity contribution in [3.63, 3.8) is 0 Å². The molecule has 2 N–H and O–H groups in total. The van der Waals surface area contributed by atoms with Gasteiger partial charge in [-0.25, -0.2) is 4.98 Å². The van der Waals surface area contributed by atoms with E-state index in [4.69, 9.17) is 5.73 Å². The van der Waals surface area contributed by atoms with E-state index in [9.17, 15) is 0 Å². The van der Waals surface area contributed by atoms with E-state index in [-0.39, 0.29) is 6.04 Å². The van der Waals surface area contributed by atoms with E-state index in [2.05, 4.69) is 21.8 Å². The number of nitrogens with two attached hydrogens (primary N) is 1. The van der Waals surface area contributed by atoms with Crippen LogP contribution in [-0.4, -0.2) is 29.1 Å². The predicted octanol–water partition coefficient (Wildman–Crippen LogP) is 1.27. The Bertz CT molecular complexity index is 375. The summed E-state index contributed by atoms with van der Waals surface area (Å²) in [5.74, 6) is 1.62. The number of hydrogen-bond donors (Lipinski definition) is 1. The van der Waals surface area contributed by atoms with Gasteiger partial charge in [0.2, 0.25) is 0 Å². The lowest BCUT2D eigenvalue weighted by Gasteiger charge is -2.20. The second kappa shape index (κ2) is 4.37. The van der Waals surface area contributed by atoms with Crippen molar-refractivity contribution in [2.24, 2.45) is 11.7 Å². The first kappa shape index (κ1) is 11.3. The summed E-state index contributed by atoms with van der Waals surface area (Å²) in [6, 6.07) is 0.267. The molecule has 0 bridgehead atoms. The van der Waals surface area contributed by atoms with Crippen LogP contribution in [0.4, 0.5) is 5.82 Å². The maximum atomic E-state index is 5.94. The number of rotatable bonds is 2. The molecule has 0 aliphatic carbocycles. The molecule has 0 saturated carbocycles. The Balaban J connectivity index is 2.17. The largest absolute Gasteiger partial charge is 0.355 e. The number of aryl methyl sites for hydroxylation is 2. The van der Waals surface area contributed by atoms with E-state index < -0.39 is 0 Å². The minimum atomic E-state index is 0.267. The molecule has 2 atom stereocenters. The van der Waals surface area contributed by atoms with Crippen molar-refractivity contribution in [2.75, 3.05) is 18.0 Å². The van der Waals surface area contributed by atoms with E-state index in [1.165, 1.54) is 0 Å². The third-order valence-electron chi connectivity index (χ3n) is 3.32. The second-order valence-electron chi connectivity index (χ2n) is 4.77. The van der Waals surface area contributed by atoms with Gasteiger partial charge in [0, 0.05) is 25.3 Å². The molecule has 16 heavy (non-hydrogen) atoms. The molecule has 0 amide bonds. The van der Waals surface area contributed by atoms with Crippen LogP contribution in [0, 0.1) is 19.8 Å². The van der Waals surface area contributed by atoms with Crippen LogP contribution < -0.4 is 10.6 Å². The van der Waals surface area contributed by atoms with Gasteiger partial charge >= 0.3 is 0 Å². The summed E-state index contributed by atoms with van der Waals surface area (Å²) in [4.78, 5) is 11.2. The van der Waals surface area contributed by atoms with Crippen molar-refractivity contribution in [3.05, 3.63) is 17.6 Å². The zero-order chi connectivity index (χ0) is 11.7. The second-order valence-corrected chi connectivity index (χ2v) is 4.77. The van der Waals surface area contributed by atoms with E-state index in [1.54, 1.807) is 0 Å². The van der Waals surface area contributed by atoms with Gasteiger partial charge < -0.3 is 10.6 Å². The summed E-state index contributed by atoms with van der Waals surface area (Å²) in [7, 11) is 0. The summed E-state index contributed by atoms with van der Waals surface area (Å²) in [6.07, 6.45) is 2.98. The summed E-state index contributed by atoms with van der Waals surface area (Å²) < 4.78 is 0. The Kier molecular flexibility index (Phi) is 3.10. The topological polar surface area (TPSA) is 55.0 Å². The highest BCUT2D eigenvalue weighted by molar-refractivity contribution is 5.44. The molecular formula is C12H20N4. The number of nitrogens with zero attached hydrogens (tertiary/aromatic N) is 3. The van der Waals surface area contributed by atoms with Gasteiger partial charge in [-0.3, -0.25) is 4.98 Å². The first-order chi connectivity index (χ1) is 7.58. The van der Waals surface area contributed by atoms with E-state index >= 15 is 0 Å². The van der Waals surface area contributed by atoms with Crippen molar-refractivity contribution >= 4 is 5.82 Å². The number of hydrogen-bond acceptors (Lipinski definition) is 4. The third kappa shape index (κ3) is 2.16. The smallest absolute Gasteiger partial charge is 0.150 e. The molecule has 1 aliphatic heterocycles. The van der Waals surface area contributed by atoms with Crippen molar-refractivity contribution in [1.82, 2.24) is 9.97 Å². The van der Waals surface area contributed by atoms with Crippen LogP contribution in [0.3, 0.4) is 0 Å². The molecule has 1 aliphatic rings. The highest BCUT2D eigenvalue weighted by Crippen LogP contribution is 2.25. The van der Waals surface area contributed by atoms with Gasteiger partial charge in [-0.15, -0.1) is 0 Å². The van der Waals surface area contributed by atoms with Crippen molar-refractivity contribution in [3.8, 4) is 0 Å². The third-order valence-corrected chi connectivity index (χ3v) is 3.32. The molecule has 1 aromatic rings. The molecule has 1 aromatic heterocycles. The van der Waals surface area contributed by atoms with Gasteiger partial charge in [0.15, 0.2) is 0 Å². The fourth-order valence-electron chi connectivity index (χ4n) is 2.23. The van der Waals surface area contributed by atoms with Crippen LogP contribution in [0.25, 0.3) is 0 Å². The van der Waals surface area contributed by atoms with Gasteiger partial charge in [-0.05, 0) is 33.1 Å². The van der Waals surface area contributed by atoms with Gasteiger partial charge in [0.1, 0.15) is 5.82 Å². The molecule has 0 aromatic carbocycles. The maximum absolute atomic E-state index is 5.94. The van der Waals surface area contributed by atoms with Gasteiger partial charge in [-0.2, -0.15) is 0 Å². The lowest BCUT2D eigenvalue weighted by atomic mass is 10.0. The lowest BCUT2D eigenvalue weighted by Crippen LogP contribution is -2.30. The number of aromatic nitrogens is 2. The first-order valence-corrected chi connectivity index (χ1v) is 5.88. The molecule has 88 valence electrons. The van der Waals surface area contributed by atoms with Crippen LogP contribution in [0.15, 0.2) is 6.20 Å². The summed E-state index contributed by atoms with van der Waals surface area (Å²) >= 11 is 0. The van der Waals surface area contributed by atoms with Crippen LogP contribution in [0.2, 0.25) is 0 Å². The summed E-state index contributed by atoms with van der Waals surface area (Å²) in [5.41, 5.74) is 7.93. The Morgan fingerprint density at radius 3 is 2.88 bits per heavy atom. The monoisotopic (exact) mass is 220 g/mol. The quantitative estimate of drug-likeness (QED) is 0.815. The molecule has 2 unspecified atom stereocenters. The zero-order valence-electron chi connectivity index (χ0n) is 10.3. The number of anilines is 1. The molecular weight excluding hydrogens is 200 g/mol. The summed E-state index contributed by atoms with van der Waals surface area (Å²) in [6.45, 7) is 8.14. The fourth-order valence-corrected chi connectivity index (χ4v) is 2.23. The normalized spacial score (nSPS) is 22.5. The average molecular weight is 220 g/mol. The van der Waals surface area contributed by atoms with Gasteiger partial charge in [0.05, 0.1) is 11.4 Å². The molecule has 2 heterocycles. The van der Waals surface area contributed by atoms with Gasteiger partial charge in [-0.1, -0.05) is 0 Å². The standard InChI is InChI=1S/C12H20N4/c1-8-6-14-10(3)12(15-8)16-5-4-11(7-16)9(2)13/h6,9,11H,4-5,7,13H2,1-3H3. The molecule has 1 fully saturated rings. The Labute approximate surface area is 96.9 Å². The minimum Gasteiger partial charge on any atom is -0.355 e. The lowest BCUT2D eigenvalue weighted by molar-refractivity contribution is 0.488. The Morgan fingerprint density at radius 1 is 1.50 bits per heavy atom. The molecule has 2 rings (SSSR count). The molecule has 0 spiro atoms. The molecule has 1 saturated heterocycles. The Hall–Kier alpha value is -1.16. The molecule has 4 nitrogen and oxygen atoms in total. The van der Waals surface area contributed by atoms with E-state index in [0.29, 0.717) is 5.92 Å². The van der Waals surface area contributed by atoms with Crippen molar-refractivity contribution in [1.29, 1.82) is 0 Å². The highest BCUT2D eigenvalue weighted by atomic mass is 15.2. The van der Waals surface area contributed by atoms with Crippen molar-refractivity contribution in [2.45, 2.75) is 33.2 Å². The first-order valence-electron chi connectivity index (χ1n) is 5.88.